The van der Waals surface area contributed by atoms with Gasteiger partial charge < -0.3 is 10.4 Å². The number of halogens is 2. The van der Waals surface area contributed by atoms with Gasteiger partial charge in [-0.25, -0.2) is 0 Å². The molecule has 2 aromatic rings. The van der Waals surface area contributed by atoms with Crippen LogP contribution in [0.1, 0.15) is 11.1 Å². The maximum Gasteiger partial charge on any atom is 0.321 e. The fourth-order valence-electron chi connectivity index (χ4n) is 1.99. The molecule has 3 nitrogen and oxygen atoms in total. The molecule has 1 unspecified atom stereocenters. The number of hydrogen-bond acceptors (Lipinski definition) is 2. The first-order chi connectivity index (χ1) is 10.1. The summed E-state index contributed by atoms with van der Waals surface area (Å²) in [4.78, 5) is 11.4. The zero-order valence-electron chi connectivity index (χ0n) is 11.2. The Morgan fingerprint density at radius 1 is 1.19 bits per heavy atom. The third-order valence-electron chi connectivity index (χ3n) is 3.12. The number of nitrogens with one attached hydrogen (secondary N) is 1. The van der Waals surface area contributed by atoms with Crippen LogP contribution in [0.5, 0.6) is 0 Å². The fourth-order valence-corrected chi connectivity index (χ4v) is 2.53. The second kappa shape index (κ2) is 7.59. The lowest BCUT2D eigenvalue weighted by molar-refractivity contribution is -0.139. The molecule has 5 heteroatoms. The van der Waals surface area contributed by atoms with Gasteiger partial charge in [-0.15, -0.1) is 0 Å². The molecule has 0 saturated carbocycles. The van der Waals surface area contributed by atoms with Gasteiger partial charge in [0.2, 0.25) is 0 Å². The van der Waals surface area contributed by atoms with Gasteiger partial charge in [0.15, 0.2) is 0 Å². The topological polar surface area (TPSA) is 49.3 Å². The quantitative estimate of drug-likeness (QED) is 0.813. The Labute approximate surface area is 137 Å². The Kier molecular flexibility index (Phi) is 5.79. The van der Waals surface area contributed by atoms with Crippen LogP contribution in [0.15, 0.2) is 53.0 Å². The third kappa shape index (κ3) is 4.84. The summed E-state index contributed by atoms with van der Waals surface area (Å²) < 4.78 is 0.804. The van der Waals surface area contributed by atoms with Gasteiger partial charge in [0.25, 0.3) is 0 Å². The van der Waals surface area contributed by atoms with Crippen molar-refractivity contribution in [3.05, 3.63) is 69.2 Å². The van der Waals surface area contributed by atoms with Crippen molar-refractivity contribution >= 4 is 33.5 Å². The third-order valence-corrected chi connectivity index (χ3v) is 4.33. The molecule has 110 valence electrons. The predicted octanol–water partition coefficient (Wildman–Crippen LogP) is 3.89. The molecule has 0 heterocycles. The molecule has 0 fully saturated rings. The molecule has 0 aliphatic heterocycles. The molecule has 0 aliphatic rings. The number of hydrogen-bond donors (Lipinski definition) is 2. The standard InChI is InChI=1S/C16H15BrClNO2/c17-13-8-12(6-7-14(13)18)10-19-15(16(20)21)9-11-4-2-1-3-5-11/h1-8,15,19H,9-10H2,(H,20,21). The molecule has 0 radical (unpaired) electrons. The highest BCUT2D eigenvalue weighted by Crippen LogP contribution is 2.23. The molecule has 1 atom stereocenters. The van der Waals surface area contributed by atoms with E-state index in [0.29, 0.717) is 18.0 Å². The summed E-state index contributed by atoms with van der Waals surface area (Å²) in [5.41, 5.74) is 1.97. The Bertz CT molecular complexity index is 619. The molecular formula is C16H15BrClNO2. The highest BCUT2D eigenvalue weighted by Gasteiger charge is 2.17. The van der Waals surface area contributed by atoms with Crippen LogP contribution in [0.2, 0.25) is 5.02 Å². The summed E-state index contributed by atoms with van der Waals surface area (Å²) in [5.74, 6) is -0.855. The summed E-state index contributed by atoms with van der Waals surface area (Å²) in [7, 11) is 0. The van der Waals surface area contributed by atoms with Crippen LogP contribution in [0.4, 0.5) is 0 Å². The first kappa shape index (κ1) is 16.0. The molecule has 0 aliphatic carbocycles. The van der Waals surface area contributed by atoms with Gasteiger partial charge in [-0.05, 0) is 45.6 Å². The number of carboxylic acid groups (broad SMARTS) is 1. The van der Waals surface area contributed by atoms with E-state index in [1.54, 1.807) is 6.07 Å². The molecule has 0 saturated heterocycles. The number of carboxylic acids is 1. The van der Waals surface area contributed by atoms with Crippen molar-refractivity contribution < 1.29 is 9.90 Å². The zero-order chi connectivity index (χ0) is 15.2. The average Bonchev–Trinajstić information content (AvgIpc) is 2.47. The lowest BCUT2D eigenvalue weighted by atomic mass is 10.1. The van der Waals surface area contributed by atoms with Gasteiger partial charge in [0, 0.05) is 11.0 Å². The second-order valence-corrected chi connectivity index (χ2v) is 5.97. The molecule has 0 spiro atoms. The Morgan fingerprint density at radius 3 is 2.52 bits per heavy atom. The number of benzene rings is 2. The number of aliphatic carboxylic acids is 1. The second-order valence-electron chi connectivity index (χ2n) is 4.71. The van der Waals surface area contributed by atoms with Crippen LogP contribution in [-0.4, -0.2) is 17.1 Å². The van der Waals surface area contributed by atoms with Gasteiger partial charge in [0.05, 0.1) is 5.02 Å². The minimum absolute atomic E-state index is 0.449. The van der Waals surface area contributed by atoms with Crippen LogP contribution >= 0.6 is 27.5 Å². The van der Waals surface area contributed by atoms with Gasteiger partial charge in [0.1, 0.15) is 6.04 Å². The van der Waals surface area contributed by atoms with E-state index in [4.69, 9.17) is 11.6 Å². The molecule has 0 aromatic heterocycles. The highest BCUT2D eigenvalue weighted by atomic mass is 79.9. The maximum absolute atomic E-state index is 11.4. The van der Waals surface area contributed by atoms with Crippen LogP contribution in [0.25, 0.3) is 0 Å². The summed E-state index contributed by atoms with van der Waals surface area (Å²) in [6.45, 7) is 0.472. The first-order valence-corrected chi connectivity index (χ1v) is 7.67. The highest BCUT2D eigenvalue weighted by molar-refractivity contribution is 9.10. The molecule has 2 rings (SSSR count). The van der Waals surface area contributed by atoms with E-state index >= 15 is 0 Å². The average molecular weight is 369 g/mol. The lowest BCUT2D eigenvalue weighted by Crippen LogP contribution is -2.38. The van der Waals surface area contributed by atoms with E-state index in [1.165, 1.54) is 0 Å². The predicted molar refractivity (Wildman–Crippen MR) is 87.6 cm³/mol. The number of rotatable bonds is 6. The molecular weight excluding hydrogens is 354 g/mol. The monoisotopic (exact) mass is 367 g/mol. The zero-order valence-corrected chi connectivity index (χ0v) is 13.6. The largest absolute Gasteiger partial charge is 0.480 e. The van der Waals surface area contributed by atoms with Crippen molar-refractivity contribution in [1.29, 1.82) is 0 Å². The van der Waals surface area contributed by atoms with Gasteiger partial charge in [-0.1, -0.05) is 48.0 Å². The van der Waals surface area contributed by atoms with E-state index in [9.17, 15) is 9.90 Å². The SMILES string of the molecule is O=C(O)C(Cc1ccccc1)NCc1ccc(Cl)c(Br)c1. The van der Waals surface area contributed by atoms with Gasteiger partial charge >= 0.3 is 5.97 Å². The van der Waals surface area contributed by atoms with Crippen molar-refractivity contribution in [3.63, 3.8) is 0 Å². The van der Waals surface area contributed by atoms with Crippen LogP contribution in [0.3, 0.4) is 0 Å². The molecule has 0 bridgehead atoms. The van der Waals surface area contributed by atoms with E-state index in [1.807, 2.05) is 42.5 Å². The fraction of sp³-hybridized carbons (Fsp3) is 0.188. The van der Waals surface area contributed by atoms with Crippen molar-refractivity contribution in [2.45, 2.75) is 19.0 Å². The van der Waals surface area contributed by atoms with E-state index in [0.717, 1.165) is 15.6 Å². The lowest BCUT2D eigenvalue weighted by Gasteiger charge is -2.15. The Balaban J connectivity index is 2.00. The van der Waals surface area contributed by atoms with E-state index in [-0.39, 0.29) is 0 Å². The van der Waals surface area contributed by atoms with Crippen LogP contribution in [-0.2, 0) is 17.8 Å². The van der Waals surface area contributed by atoms with Crippen LogP contribution < -0.4 is 5.32 Å². The number of carbonyl (C=O) groups is 1. The summed E-state index contributed by atoms with van der Waals surface area (Å²) in [6, 6.07) is 14.5. The maximum atomic E-state index is 11.4. The molecule has 21 heavy (non-hydrogen) atoms. The van der Waals surface area contributed by atoms with Crippen molar-refractivity contribution in [3.8, 4) is 0 Å². The van der Waals surface area contributed by atoms with E-state index in [2.05, 4.69) is 21.2 Å². The summed E-state index contributed by atoms with van der Waals surface area (Å²) in [6.07, 6.45) is 0.449. The Morgan fingerprint density at radius 2 is 1.90 bits per heavy atom. The van der Waals surface area contributed by atoms with Gasteiger partial charge in [-0.3, -0.25) is 4.79 Å². The molecule has 2 N–H and O–H groups in total. The molecule has 2 aromatic carbocycles. The molecule has 0 amide bonds. The van der Waals surface area contributed by atoms with Crippen molar-refractivity contribution in [2.24, 2.45) is 0 Å². The van der Waals surface area contributed by atoms with Crippen molar-refractivity contribution in [1.82, 2.24) is 5.32 Å². The smallest absolute Gasteiger partial charge is 0.321 e. The minimum atomic E-state index is -0.855. The normalized spacial score (nSPS) is 12.1. The van der Waals surface area contributed by atoms with Crippen LogP contribution in [0, 0.1) is 0 Å². The first-order valence-electron chi connectivity index (χ1n) is 6.50. The van der Waals surface area contributed by atoms with Gasteiger partial charge in [-0.2, -0.15) is 0 Å². The Hall–Kier alpha value is -1.36. The van der Waals surface area contributed by atoms with Crippen molar-refractivity contribution in [2.75, 3.05) is 0 Å². The summed E-state index contributed by atoms with van der Waals surface area (Å²) in [5, 5.41) is 13.0. The van der Waals surface area contributed by atoms with E-state index < -0.39 is 12.0 Å². The summed E-state index contributed by atoms with van der Waals surface area (Å²) >= 11 is 9.30. The minimum Gasteiger partial charge on any atom is -0.480 e.